The minimum atomic E-state index is 0.432. The Bertz CT molecular complexity index is 278. The lowest BCUT2D eigenvalue weighted by molar-refractivity contribution is -0.0638. The van der Waals surface area contributed by atoms with Crippen molar-refractivity contribution < 1.29 is 4.74 Å². The highest BCUT2D eigenvalue weighted by atomic mass is 32.1. The van der Waals surface area contributed by atoms with Gasteiger partial charge in [0, 0.05) is 12.6 Å². The zero-order valence-corrected chi connectivity index (χ0v) is 10.5. The van der Waals surface area contributed by atoms with Gasteiger partial charge in [0.05, 0.1) is 18.8 Å². The average molecular weight is 240 g/mol. The fourth-order valence-corrected chi connectivity index (χ4v) is 3.23. The number of hydrogen-bond donors (Lipinski definition) is 1. The van der Waals surface area contributed by atoms with Crippen molar-refractivity contribution in [2.24, 2.45) is 0 Å². The van der Waals surface area contributed by atoms with Gasteiger partial charge in [-0.1, -0.05) is 12.8 Å². The van der Waals surface area contributed by atoms with Gasteiger partial charge in [-0.2, -0.15) is 0 Å². The summed E-state index contributed by atoms with van der Waals surface area (Å²) in [7, 11) is 0. The minimum absolute atomic E-state index is 0.432. The smallest absolute Gasteiger partial charge is 0.169 e. The number of ether oxygens (including phenoxy) is 1. The number of thiocarbonyl (C=S) groups is 1. The summed E-state index contributed by atoms with van der Waals surface area (Å²) in [6, 6.07) is 1.21. The van der Waals surface area contributed by atoms with Crippen LogP contribution >= 0.6 is 12.2 Å². The fourth-order valence-electron chi connectivity index (χ4n) is 2.83. The SMILES string of the molecule is S=C(NC1CC1)N1CCOC2CCCCC21. The molecule has 1 N–H and O–H groups in total. The van der Waals surface area contributed by atoms with Crippen molar-refractivity contribution >= 4 is 17.3 Å². The predicted octanol–water partition coefficient (Wildman–Crippen LogP) is 1.67. The van der Waals surface area contributed by atoms with Gasteiger partial charge in [0.15, 0.2) is 5.11 Å². The van der Waals surface area contributed by atoms with Gasteiger partial charge < -0.3 is 15.0 Å². The van der Waals surface area contributed by atoms with E-state index >= 15 is 0 Å². The van der Waals surface area contributed by atoms with Gasteiger partial charge in [-0.3, -0.25) is 0 Å². The molecule has 0 aromatic rings. The highest BCUT2D eigenvalue weighted by Gasteiger charge is 2.36. The molecular weight excluding hydrogens is 220 g/mol. The van der Waals surface area contributed by atoms with E-state index in [4.69, 9.17) is 17.0 Å². The maximum Gasteiger partial charge on any atom is 0.169 e. The number of nitrogens with one attached hydrogen (secondary N) is 1. The Labute approximate surface area is 103 Å². The minimum Gasteiger partial charge on any atom is -0.374 e. The summed E-state index contributed by atoms with van der Waals surface area (Å²) < 4.78 is 5.85. The van der Waals surface area contributed by atoms with Crippen molar-refractivity contribution in [3.05, 3.63) is 0 Å². The van der Waals surface area contributed by atoms with Gasteiger partial charge in [0.1, 0.15) is 0 Å². The highest BCUT2D eigenvalue weighted by molar-refractivity contribution is 7.80. The third-order valence-corrected chi connectivity index (χ3v) is 4.25. The van der Waals surface area contributed by atoms with E-state index in [-0.39, 0.29) is 0 Å². The van der Waals surface area contributed by atoms with E-state index in [0.29, 0.717) is 18.2 Å². The van der Waals surface area contributed by atoms with Gasteiger partial charge in [-0.15, -0.1) is 0 Å². The van der Waals surface area contributed by atoms with E-state index in [1.807, 2.05) is 0 Å². The molecule has 3 fully saturated rings. The molecule has 3 rings (SSSR count). The Morgan fingerprint density at radius 3 is 2.81 bits per heavy atom. The lowest BCUT2D eigenvalue weighted by atomic mass is 9.90. The molecule has 0 bridgehead atoms. The van der Waals surface area contributed by atoms with E-state index < -0.39 is 0 Å². The molecule has 2 saturated carbocycles. The molecule has 2 atom stereocenters. The Balaban J connectivity index is 1.64. The van der Waals surface area contributed by atoms with Gasteiger partial charge in [-0.05, 0) is 37.9 Å². The molecule has 1 aliphatic heterocycles. The lowest BCUT2D eigenvalue weighted by Gasteiger charge is -2.45. The van der Waals surface area contributed by atoms with E-state index in [2.05, 4.69) is 10.2 Å². The number of rotatable bonds is 1. The molecule has 0 aromatic heterocycles. The van der Waals surface area contributed by atoms with Gasteiger partial charge in [0.2, 0.25) is 0 Å². The summed E-state index contributed by atoms with van der Waals surface area (Å²) in [5, 5.41) is 4.43. The molecule has 90 valence electrons. The molecule has 0 spiro atoms. The van der Waals surface area contributed by atoms with Crippen LogP contribution in [0.15, 0.2) is 0 Å². The Morgan fingerprint density at radius 2 is 2.00 bits per heavy atom. The summed E-state index contributed by atoms with van der Waals surface area (Å²) in [6.07, 6.45) is 8.12. The summed E-state index contributed by atoms with van der Waals surface area (Å²) in [6.45, 7) is 1.81. The number of fused-ring (bicyclic) bond motifs is 1. The summed E-state index contributed by atoms with van der Waals surface area (Å²) >= 11 is 5.52. The standard InChI is InChI=1S/C12H20N2OS/c16-12(13-9-5-6-9)14-7-8-15-11-4-2-1-3-10(11)14/h9-11H,1-8H2,(H,13,16). The second kappa shape index (κ2) is 4.49. The maximum absolute atomic E-state index is 5.85. The molecule has 3 nitrogen and oxygen atoms in total. The Kier molecular flexibility index (Phi) is 3.03. The predicted molar refractivity (Wildman–Crippen MR) is 67.5 cm³/mol. The number of morpholine rings is 1. The van der Waals surface area contributed by atoms with Crippen molar-refractivity contribution in [2.75, 3.05) is 13.2 Å². The molecule has 1 heterocycles. The van der Waals surface area contributed by atoms with E-state index in [0.717, 1.165) is 18.3 Å². The Hall–Kier alpha value is -0.350. The molecule has 1 saturated heterocycles. The molecular formula is C12H20N2OS. The highest BCUT2D eigenvalue weighted by Crippen LogP contribution is 2.29. The normalized spacial score (nSPS) is 34.4. The third kappa shape index (κ3) is 2.18. The first-order chi connectivity index (χ1) is 7.84. The van der Waals surface area contributed by atoms with Crippen LogP contribution in [0.3, 0.4) is 0 Å². The Morgan fingerprint density at radius 1 is 1.19 bits per heavy atom. The average Bonchev–Trinajstić information content (AvgIpc) is 3.12. The zero-order chi connectivity index (χ0) is 11.0. The maximum atomic E-state index is 5.85. The van der Waals surface area contributed by atoms with Crippen molar-refractivity contribution in [1.29, 1.82) is 0 Å². The first kappa shape index (κ1) is 10.8. The van der Waals surface area contributed by atoms with E-state index in [9.17, 15) is 0 Å². The van der Waals surface area contributed by atoms with Crippen molar-refractivity contribution in [3.8, 4) is 0 Å². The number of nitrogens with zero attached hydrogens (tertiary/aromatic N) is 1. The molecule has 0 amide bonds. The summed E-state index contributed by atoms with van der Waals surface area (Å²) in [4.78, 5) is 2.39. The van der Waals surface area contributed by atoms with Crippen molar-refractivity contribution in [2.45, 2.75) is 56.7 Å². The van der Waals surface area contributed by atoms with Crippen LogP contribution < -0.4 is 5.32 Å². The van der Waals surface area contributed by atoms with Gasteiger partial charge in [0.25, 0.3) is 0 Å². The van der Waals surface area contributed by atoms with Crippen LogP contribution in [0.4, 0.5) is 0 Å². The summed E-state index contributed by atoms with van der Waals surface area (Å²) in [5.74, 6) is 0. The van der Waals surface area contributed by atoms with Crippen LogP contribution in [0.2, 0.25) is 0 Å². The zero-order valence-electron chi connectivity index (χ0n) is 9.65. The van der Waals surface area contributed by atoms with E-state index in [1.54, 1.807) is 0 Å². The van der Waals surface area contributed by atoms with Crippen LogP contribution in [0.25, 0.3) is 0 Å². The topological polar surface area (TPSA) is 24.5 Å². The molecule has 2 unspecified atom stereocenters. The fraction of sp³-hybridized carbons (Fsp3) is 0.917. The largest absolute Gasteiger partial charge is 0.374 e. The van der Waals surface area contributed by atoms with Crippen LogP contribution in [0.1, 0.15) is 38.5 Å². The van der Waals surface area contributed by atoms with Crippen LogP contribution in [-0.4, -0.2) is 41.4 Å². The lowest BCUT2D eigenvalue weighted by Crippen LogP contribution is -2.57. The third-order valence-electron chi connectivity index (χ3n) is 3.90. The molecule has 4 heteroatoms. The van der Waals surface area contributed by atoms with Gasteiger partial charge >= 0.3 is 0 Å². The van der Waals surface area contributed by atoms with Crippen LogP contribution in [0.5, 0.6) is 0 Å². The quantitative estimate of drug-likeness (QED) is 0.705. The van der Waals surface area contributed by atoms with Crippen molar-refractivity contribution in [3.63, 3.8) is 0 Å². The number of hydrogen-bond acceptors (Lipinski definition) is 2. The van der Waals surface area contributed by atoms with Crippen molar-refractivity contribution in [1.82, 2.24) is 10.2 Å². The summed E-state index contributed by atoms with van der Waals surface area (Å²) in [5.41, 5.74) is 0. The van der Waals surface area contributed by atoms with Gasteiger partial charge in [-0.25, -0.2) is 0 Å². The molecule has 2 aliphatic carbocycles. The monoisotopic (exact) mass is 240 g/mol. The molecule has 3 aliphatic rings. The molecule has 16 heavy (non-hydrogen) atoms. The van der Waals surface area contributed by atoms with Crippen LogP contribution in [-0.2, 0) is 4.74 Å². The second-order valence-corrected chi connectivity index (χ2v) is 5.56. The van der Waals surface area contributed by atoms with E-state index in [1.165, 1.54) is 38.5 Å². The first-order valence-corrected chi connectivity index (χ1v) is 6.94. The first-order valence-electron chi connectivity index (χ1n) is 6.53. The molecule has 0 aromatic carbocycles. The molecule has 0 radical (unpaired) electrons. The second-order valence-electron chi connectivity index (χ2n) is 5.18. The van der Waals surface area contributed by atoms with Crippen LogP contribution in [0, 0.1) is 0 Å².